The van der Waals surface area contributed by atoms with E-state index in [-0.39, 0.29) is 26.4 Å². The van der Waals surface area contributed by atoms with Crippen LogP contribution in [0.5, 0.6) is 0 Å². The summed E-state index contributed by atoms with van der Waals surface area (Å²) in [6.07, 6.45) is 0. The van der Waals surface area contributed by atoms with E-state index in [2.05, 4.69) is 9.03 Å². The average molecular weight is 852 g/mol. The van der Waals surface area contributed by atoms with Crippen molar-refractivity contribution in [3.8, 4) is 0 Å². The Morgan fingerprint density at radius 2 is 0.653 bits per heavy atom. The molecule has 10 nitrogen and oxygen atoms in total. The number of rotatable bonds is 4. The Morgan fingerprint density at radius 1 is 0.388 bits per heavy atom. The summed E-state index contributed by atoms with van der Waals surface area (Å²) in [5, 5.41) is 3.53. The molecule has 4 heterocycles. The van der Waals surface area contributed by atoms with Crippen LogP contribution in [0.4, 0.5) is 0 Å². The summed E-state index contributed by atoms with van der Waals surface area (Å²) in [4.78, 5) is 0. The van der Waals surface area contributed by atoms with Gasteiger partial charge in [0.1, 0.15) is 14.4 Å². The van der Waals surface area contributed by atoms with Crippen LogP contribution in [0, 0.1) is 5.41 Å². The van der Waals surface area contributed by atoms with Crippen molar-refractivity contribution < 1.29 is 18.1 Å². The molecule has 0 unspecified atom stereocenters. The van der Waals surface area contributed by atoms with Crippen LogP contribution in [0.15, 0.2) is 148 Å². The molecule has 2 saturated heterocycles. The van der Waals surface area contributed by atoms with Crippen LogP contribution >= 0.6 is 86.5 Å². The lowest BCUT2D eigenvalue weighted by atomic mass is 9.93. The molecule has 4 aliphatic heterocycles. The fourth-order valence-corrected chi connectivity index (χ4v) is 32.2. The molecule has 4 aromatic rings. The zero-order valence-corrected chi connectivity index (χ0v) is 33.8. The fraction of sp³-hybridized carbons (Fsp3) is 0.172. The second kappa shape index (κ2) is 13.3. The number of hydrogen-bond acceptors (Lipinski definition) is 10. The van der Waals surface area contributed by atoms with Crippen molar-refractivity contribution >= 4 is 108 Å². The normalized spacial score (nSPS) is 24.6. The quantitative estimate of drug-likeness (QED) is 0.190. The van der Waals surface area contributed by atoms with Crippen LogP contribution in [0.1, 0.15) is 0 Å². The van der Waals surface area contributed by atoms with Crippen LogP contribution in [0.2, 0.25) is 0 Å². The summed E-state index contributed by atoms with van der Waals surface area (Å²) in [6, 6.07) is 39.1. The van der Waals surface area contributed by atoms with Crippen LogP contribution in [-0.4, -0.2) is 26.4 Å². The summed E-state index contributed by atoms with van der Waals surface area (Å²) >= 11 is 27.6. The summed E-state index contributed by atoms with van der Waals surface area (Å²) in [7, 11) is -12.4. The minimum absolute atomic E-state index is 0.162. The van der Waals surface area contributed by atoms with Gasteiger partial charge < -0.3 is 18.1 Å². The van der Waals surface area contributed by atoms with Crippen molar-refractivity contribution in [1.82, 2.24) is 0 Å². The highest BCUT2D eigenvalue weighted by atomic mass is 35.9. The highest BCUT2D eigenvalue weighted by Gasteiger charge is 2.52. The number of halogens is 4. The summed E-state index contributed by atoms with van der Waals surface area (Å²) in [6.45, 7) is 0.648. The van der Waals surface area contributed by atoms with Crippen molar-refractivity contribution in [3.63, 3.8) is 0 Å². The molecule has 4 aliphatic rings. The predicted molar refractivity (Wildman–Crippen MR) is 210 cm³/mol. The van der Waals surface area contributed by atoms with Gasteiger partial charge in [-0.05, 0) is 45.0 Å². The van der Waals surface area contributed by atoms with Gasteiger partial charge in [-0.3, -0.25) is 0 Å². The molecule has 0 aliphatic carbocycles. The molecule has 0 bridgehead atoms. The van der Waals surface area contributed by atoms with Crippen LogP contribution < -0.4 is 21.2 Å². The van der Waals surface area contributed by atoms with Gasteiger partial charge in [0.25, 0.3) is 11.8 Å². The largest absolute Gasteiger partial charge is 0.344 e. The van der Waals surface area contributed by atoms with Gasteiger partial charge in [-0.25, -0.2) is 9.03 Å². The predicted octanol–water partition coefficient (Wildman–Crippen LogP) is 12.4. The lowest BCUT2D eigenvalue weighted by Crippen LogP contribution is -2.45. The van der Waals surface area contributed by atoms with Gasteiger partial charge in [0.2, 0.25) is 0 Å². The van der Waals surface area contributed by atoms with E-state index >= 15 is 0 Å². The zero-order chi connectivity index (χ0) is 33.9. The molecule has 3 spiro atoms. The van der Waals surface area contributed by atoms with E-state index in [1.807, 2.05) is 121 Å². The van der Waals surface area contributed by atoms with E-state index in [1.54, 1.807) is 0 Å². The molecular formula is C29H28Cl4N6O4P6. The molecule has 0 atom stereocenters. The van der Waals surface area contributed by atoms with Crippen LogP contribution in [0.25, 0.3) is 0 Å². The molecule has 0 amide bonds. The van der Waals surface area contributed by atoms with Gasteiger partial charge in [-0.2, -0.15) is 18.1 Å². The first-order valence-electron chi connectivity index (χ1n) is 14.9. The SMILES string of the molecule is ClP1(Cl)=NP(c2ccccc2)(c2ccccc2)=NP2(=N1)OCC1(CO2)COP2(=NP(Cl)(Cl)=NP(c3ccccc3)(c3ccccc3)=N2)OC1. The number of hydrogen-bond donors (Lipinski definition) is 0. The Balaban J connectivity index is 1.15. The number of benzene rings is 4. The highest BCUT2D eigenvalue weighted by Crippen LogP contribution is 2.85. The molecule has 49 heavy (non-hydrogen) atoms. The van der Waals surface area contributed by atoms with Crippen LogP contribution in [-0.2, 0) is 18.1 Å². The van der Waals surface area contributed by atoms with Crippen molar-refractivity contribution in [2.45, 2.75) is 0 Å². The maximum atomic E-state index is 6.89. The standard InChI is InChI=1S/C29H28Cl4N6O4P6/c30-46(31)34-44(25-13-5-1-6-14-25,26-15-7-2-8-16-26)36-48(38-46)40-21-29(22-41-48)23-42-49(43-24-29)37-45(35-47(32,33)39-49,27-17-9-3-10-18-27)28-19-11-4-12-20-28/h1-20H,21-24H2. The Labute approximate surface area is 304 Å². The molecule has 4 aromatic carbocycles. The molecule has 0 aromatic heterocycles. The van der Waals surface area contributed by atoms with E-state index in [4.69, 9.17) is 81.1 Å². The van der Waals surface area contributed by atoms with E-state index in [0.717, 1.165) is 21.2 Å². The number of nitrogens with zero attached hydrogens (tertiary/aromatic N) is 6. The van der Waals surface area contributed by atoms with Gasteiger partial charge in [0, 0.05) is 21.2 Å². The Kier molecular flexibility index (Phi) is 9.57. The maximum Gasteiger partial charge on any atom is 0.344 e. The first-order chi connectivity index (χ1) is 23.5. The minimum atomic E-state index is -3.32. The van der Waals surface area contributed by atoms with Crippen molar-refractivity contribution in [3.05, 3.63) is 121 Å². The second-order valence-corrected chi connectivity index (χ2v) is 31.8. The molecule has 8 rings (SSSR count). The first kappa shape index (κ1) is 35.3. The molecule has 256 valence electrons. The van der Waals surface area contributed by atoms with E-state index in [1.165, 1.54) is 0 Å². The molecular weight excluding hydrogens is 824 g/mol. The topological polar surface area (TPSA) is 111 Å². The highest BCUT2D eigenvalue weighted by molar-refractivity contribution is 8.15. The molecule has 0 saturated carbocycles. The van der Waals surface area contributed by atoms with E-state index in [0.29, 0.717) is 0 Å². The van der Waals surface area contributed by atoms with Gasteiger partial charge in [-0.1, -0.05) is 121 Å². The smallest absolute Gasteiger partial charge is 0.306 e. The second-order valence-electron chi connectivity index (χ2n) is 11.6. The molecule has 0 radical (unpaired) electrons. The lowest BCUT2D eigenvalue weighted by Gasteiger charge is -2.45. The Hall–Kier alpha value is -0.740. The fourth-order valence-electron chi connectivity index (χ4n) is 5.69. The maximum absolute atomic E-state index is 6.89. The third kappa shape index (κ3) is 6.81. The van der Waals surface area contributed by atoms with Gasteiger partial charge in [-0.15, -0.1) is 0 Å². The monoisotopic (exact) mass is 850 g/mol. The Bertz CT molecular complexity index is 2000. The summed E-state index contributed by atoms with van der Waals surface area (Å²) in [5.74, 6) is -6.52. The molecule has 20 heteroatoms. The van der Waals surface area contributed by atoms with Gasteiger partial charge >= 0.3 is 15.3 Å². The van der Waals surface area contributed by atoms with Crippen molar-refractivity contribution in [1.29, 1.82) is 0 Å². The van der Waals surface area contributed by atoms with Gasteiger partial charge in [0.05, 0.1) is 31.8 Å². The van der Waals surface area contributed by atoms with Crippen LogP contribution in [0.3, 0.4) is 0 Å². The van der Waals surface area contributed by atoms with Gasteiger partial charge in [0.15, 0.2) is 0 Å². The average Bonchev–Trinajstić information content (AvgIpc) is 3.11. The third-order valence-corrected chi connectivity index (χ3v) is 30.0. The third-order valence-electron chi connectivity index (χ3n) is 8.02. The summed E-state index contributed by atoms with van der Waals surface area (Å²) < 4.78 is 56.0. The van der Waals surface area contributed by atoms with Crippen molar-refractivity contribution in [2.24, 2.45) is 32.5 Å². The lowest BCUT2D eigenvalue weighted by molar-refractivity contribution is -0.0574. The van der Waals surface area contributed by atoms with E-state index < -0.39 is 47.0 Å². The summed E-state index contributed by atoms with van der Waals surface area (Å²) in [5.41, 5.74) is -0.712. The minimum Gasteiger partial charge on any atom is -0.306 e. The first-order valence-corrected chi connectivity index (χ1v) is 28.4. The molecule has 0 N–H and O–H groups in total. The zero-order valence-electron chi connectivity index (χ0n) is 25.4. The van der Waals surface area contributed by atoms with Crippen molar-refractivity contribution in [2.75, 3.05) is 26.4 Å². The molecule has 2 fully saturated rings. The van der Waals surface area contributed by atoms with E-state index in [9.17, 15) is 0 Å². The Morgan fingerprint density at radius 3 is 0.918 bits per heavy atom.